The molecule has 0 spiro atoms. The minimum absolute atomic E-state index is 0.351. The van der Waals surface area contributed by atoms with Crippen molar-refractivity contribution in [2.45, 2.75) is 19.3 Å². The van der Waals surface area contributed by atoms with Gasteiger partial charge in [-0.2, -0.15) is 5.10 Å². The zero-order chi connectivity index (χ0) is 18.4. The molecular formula is C20H22ClN3O2. The number of hydrogen-bond donors (Lipinski definition) is 1. The molecule has 2 aromatic carbocycles. The first-order chi connectivity index (χ1) is 12.7. The highest BCUT2D eigenvalue weighted by Gasteiger charge is 2.13. The lowest BCUT2D eigenvalue weighted by atomic mass is 10.1. The van der Waals surface area contributed by atoms with Crippen LogP contribution in [0.3, 0.4) is 0 Å². The number of amides is 1. The van der Waals surface area contributed by atoms with Gasteiger partial charge in [0.1, 0.15) is 5.75 Å². The van der Waals surface area contributed by atoms with Gasteiger partial charge in [0.25, 0.3) is 5.91 Å². The van der Waals surface area contributed by atoms with Crippen molar-refractivity contribution >= 4 is 29.4 Å². The van der Waals surface area contributed by atoms with Crippen molar-refractivity contribution in [3.63, 3.8) is 0 Å². The van der Waals surface area contributed by atoms with Gasteiger partial charge in [0.05, 0.1) is 23.9 Å². The molecule has 1 saturated heterocycles. The van der Waals surface area contributed by atoms with Gasteiger partial charge in [0, 0.05) is 30.4 Å². The summed E-state index contributed by atoms with van der Waals surface area (Å²) in [6.07, 6.45) is 5.32. The van der Waals surface area contributed by atoms with E-state index in [2.05, 4.69) is 21.5 Å². The van der Waals surface area contributed by atoms with Crippen molar-refractivity contribution in [1.29, 1.82) is 0 Å². The van der Waals surface area contributed by atoms with Crippen LogP contribution in [0, 0.1) is 0 Å². The van der Waals surface area contributed by atoms with Crippen molar-refractivity contribution in [2.24, 2.45) is 5.10 Å². The predicted octanol–water partition coefficient (Wildman–Crippen LogP) is 4.10. The molecule has 0 aliphatic carbocycles. The fourth-order valence-electron chi connectivity index (χ4n) is 3.02. The lowest BCUT2D eigenvalue weighted by Crippen LogP contribution is -2.29. The molecule has 1 aliphatic heterocycles. The topological polar surface area (TPSA) is 53.9 Å². The van der Waals surface area contributed by atoms with Crippen molar-refractivity contribution < 1.29 is 9.53 Å². The van der Waals surface area contributed by atoms with Crippen molar-refractivity contribution in [1.82, 2.24) is 5.43 Å². The molecule has 0 atom stereocenters. The molecule has 0 radical (unpaired) electrons. The number of carbonyl (C=O) groups excluding carboxylic acids is 1. The Balaban J connectivity index is 1.69. The normalized spacial score (nSPS) is 14.5. The highest BCUT2D eigenvalue weighted by atomic mass is 35.5. The zero-order valence-electron chi connectivity index (χ0n) is 14.7. The number of nitrogens with one attached hydrogen (secondary N) is 1. The van der Waals surface area contributed by atoms with E-state index >= 15 is 0 Å². The molecule has 3 rings (SSSR count). The molecule has 1 amide bonds. The summed E-state index contributed by atoms with van der Waals surface area (Å²) in [6.45, 7) is 2.15. The summed E-state index contributed by atoms with van der Waals surface area (Å²) < 4.78 is 5.49. The first-order valence-electron chi connectivity index (χ1n) is 8.70. The molecule has 5 nitrogen and oxygen atoms in total. The number of hydrazone groups is 1. The predicted molar refractivity (Wildman–Crippen MR) is 106 cm³/mol. The van der Waals surface area contributed by atoms with Gasteiger partial charge in [0.15, 0.2) is 0 Å². The Kier molecular flexibility index (Phi) is 6.12. The summed E-state index contributed by atoms with van der Waals surface area (Å²) in [4.78, 5) is 14.5. The average Bonchev–Trinajstić information content (AvgIpc) is 2.69. The Labute approximate surface area is 158 Å². The first-order valence-corrected chi connectivity index (χ1v) is 9.08. The number of benzene rings is 2. The Morgan fingerprint density at radius 1 is 1.19 bits per heavy atom. The molecular weight excluding hydrogens is 350 g/mol. The Bertz CT molecular complexity index is 801. The highest BCUT2D eigenvalue weighted by molar-refractivity contribution is 6.33. The minimum atomic E-state index is -0.351. The molecule has 1 aliphatic rings. The van der Waals surface area contributed by atoms with Gasteiger partial charge >= 0.3 is 0 Å². The van der Waals surface area contributed by atoms with Gasteiger partial charge in [-0.1, -0.05) is 23.7 Å². The second-order valence-corrected chi connectivity index (χ2v) is 6.56. The zero-order valence-corrected chi connectivity index (χ0v) is 15.5. The molecule has 2 aromatic rings. The van der Waals surface area contributed by atoms with Gasteiger partial charge < -0.3 is 9.64 Å². The minimum Gasteiger partial charge on any atom is -0.496 e. The Hall–Kier alpha value is -2.53. The summed E-state index contributed by atoms with van der Waals surface area (Å²) in [5, 5.41) is 4.43. The molecule has 0 unspecified atom stereocenters. The van der Waals surface area contributed by atoms with Crippen LogP contribution in [0.5, 0.6) is 5.75 Å². The maximum Gasteiger partial charge on any atom is 0.272 e. The van der Waals surface area contributed by atoms with Crippen molar-refractivity contribution in [3.05, 3.63) is 58.6 Å². The molecule has 1 N–H and O–H groups in total. The van der Waals surface area contributed by atoms with Crippen LogP contribution < -0.4 is 15.1 Å². The van der Waals surface area contributed by atoms with E-state index in [1.807, 2.05) is 12.1 Å². The highest BCUT2D eigenvalue weighted by Crippen LogP contribution is 2.26. The van der Waals surface area contributed by atoms with E-state index < -0.39 is 0 Å². The van der Waals surface area contributed by atoms with Crippen LogP contribution in [0.25, 0.3) is 0 Å². The largest absolute Gasteiger partial charge is 0.496 e. The van der Waals surface area contributed by atoms with Crippen LogP contribution in [0.1, 0.15) is 35.2 Å². The second kappa shape index (κ2) is 8.72. The smallest absolute Gasteiger partial charge is 0.272 e. The third kappa shape index (κ3) is 4.35. The number of hydrogen-bond acceptors (Lipinski definition) is 4. The van der Waals surface area contributed by atoms with Gasteiger partial charge in [-0.3, -0.25) is 4.79 Å². The van der Waals surface area contributed by atoms with Gasteiger partial charge in [-0.25, -0.2) is 5.43 Å². The molecule has 0 saturated carbocycles. The summed E-state index contributed by atoms with van der Waals surface area (Å²) in [6, 6.07) is 12.9. The van der Waals surface area contributed by atoms with Crippen LogP contribution in [0.2, 0.25) is 5.02 Å². The summed E-state index contributed by atoms with van der Waals surface area (Å²) >= 11 is 6.02. The number of rotatable bonds is 5. The summed E-state index contributed by atoms with van der Waals surface area (Å²) in [7, 11) is 1.63. The second-order valence-electron chi connectivity index (χ2n) is 6.15. The number of ether oxygens (including phenoxy) is 1. The quantitative estimate of drug-likeness (QED) is 0.635. The lowest BCUT2D eigenvalue weighted by molar-refractivity contribution is 0.0955. The molecule has 0 bridgehead atoms. The third-order valence-corrected chi connectivity index (χ3v) is 4.76. The van der Waals surface area contributed by atoms with Crippen molar-refractivity contribution in [2.75, 3.05) is 25.1 Å². The standard InChI is InChI=1S/C20H22ClN3O2/c1-26-19-13-16(24-11-5-2-6-12-24)10-9-15(19)14-22-23-20(25)17-7-3-4-8-18(17)21/h3-4,7-10,13-14H,2,5-6,11-12H2,1H3,(H,23,25)/b22-14-. The van der Waals surface area contributed by atoms with Crippen LogP contribution >= 0.6 is 11.6 Å². The average molecular weight is 372 g/mol. The van der Waals surface area contributed by atoms with Gasteiger partial charge in [-0.05, 0) is 43.5 Å². The van der Waals surface area contributed by atoms with E-state index in [9.17, 15) is 4.79 Å². The number of halogens is 1. The summed E-state index contributed by atoms with van der Waals surface area (Å²) in [5.74, 6) is 0.375. The van der Waals surface area contributed by atoms with Crippen LogP contribution in [0.15, 0.2) is 47.6 Å². The number of methoxy groups -OCH3 is 1. The molecule has 1 fully saturated rings. The van der Waals surface area contributed by atoms with Gasteiger partial charge in [0.2, 0.25) is 0 Å². The fraction of sp³-hybridized carbons (Fsp3) is 0.300. The Morgan fingerprint density at radius 3 is 2.69 bits per heavy atom. The number of nitrogens with zero attached hydrogens (tertiary/aromatic N) is 2. The molecule has 0 aromatic heterocycles. The number of piperidine rings is 1. The van der Waals surface area contributed by atoms with Crippen molar-refractivity contribution in [3.8, 4) is 5.75 Å². The number of carbonyl (C=O) groups is 1. The van der Waals surface area contributed by atoms with E-state index in [1.165, 1.54) is 19.3 Å². The fourth-order valence-corrected chi connectivity index (χ4v) is 3.24. The SMILES string of the molecule is COc1cc(N2CCCCC2)ccc1/C=N\NC(=O)c1ccccc1Cl. The first kappa shape index (κ1) is 18.3. The van der Waals surface area contributed by atoms with E-state index in [1.54, 1.807) is 37.6 Å². The monoisotopic (exact) mass is 371 g/mol. The summed E-state index contributed by atoms with van der Waals surface area (Å²) in [5.41, 5.74) is 4.84. The molecule has 26 heavy (non-hydrogen) atoms. The molecule has 1 heterocycles. The van der Waals surface area contributed by atoms with Crippen LogP contribution in [-0.4, -0.2) is 32.3 Å². The van der Waals surface area contributed by atoms with Crippen LogP contribution in [0.4, 0.5) is 5.69 Å². The maximum absolute atomic E-state index is 12.1. The molecule has 136 valence electrons. The third-order valence-electron chi connectivity index (χ3n) is 4.43. The maximum atomic E-state index is 12.1. The van der Waals surface area contributed by atoms with Gasteiger partial charge in [-0.15, -0.1) is 0 Å². The Morgan fingerprint density at radius 2 is 1.96 bits per heavy atom. The van der Waals surface area contributed by atoms with E-state index in [4.69, 9.17) is 16.3 Å². The van der Waals surface area contributed by atoms with Crippen LogP contribution in [-0.2, 0) is 0 Å². The number of anilines is 1. The lowest BCUT2D eigenvalue weighted by Gasteiger charge is -2.29. The molecule has 6 heteroatoms. The van der Waals surface area contributed by atoms with E-state index in [0.717, 1.165) is 30.1 Å². The van der Waals surface area contributed by atoms with E-state index in [0.29, 0.717) is 10.6 Å². The van der Waals surface area contributed by atoms with E-state index in [-0.39, 0.29) is 5.91 Å².